The minimum atomic E-state index is -3.20. The molecule has 6 heteroatoms. The average Bonchev–Trinajstić information content (AvgIpc) is 2.27. The van der Waals surface area contributed by atoms with Gasteiger partial charge >= 0.3 is 0 Å². The van der Waals surface area contributed by atoms with Crippen LogP contribution in [0.3, 0.4) is 0 Å². The molecule has 1 atom stereocenters. The van der Waals surface area contributed by atoms with Crippen LogP contribution in [0.25, 0.3) is 0 Å². The van der Waals surface area contributed by atoms with Gasteiger partial charge in [0.15, 0.2) is 0 Å². The number of pyridine rings is 1. The molecule has 1 aromatic rings. The van der Waals surface area contributed by atoms with Gasteiger partial charge in [-0.05, 0) is 37.5 Å². The minimum absolute atomic E-state index is 0.0158. The van der Waals surface area contributed by atoms with Gasteiger partial charge in [-0.15, -0.1) is 11.6 Å². The van der Waals surface area contributed by atoms with E-state index in [-0.39, 0.29) is 11.1 Å². The standard InChI is InChI=1S/C11H17ClN2O2S/c1-10(12)2-8-14-17(15,16)9-5-11-3-6-13-7-4-11/h3-4,6-7,10,14H,2,5,8-9H2,1H3. The summed E-state index contributed by atoms with van der Waals surface area (Å²) in [4.78, 5) is 3.88. The number of hydrogen-bond donors (Lipinski definition) is 1. The van der Waals surface area contributed by atoms with Crippen molar-refractivity contribution in [1.82, 2.24) is 9.71 Å². The first-order valence-electron chi connectivity index (χ1n) is 5.50. The molecule has 0 bridgehead atoms. The first kappa shape index (κ1) is 14.4. The molecule has 17 heavy (non-hydrogen) atoms. The fourth-order valence-electron chi connectivity index (χ4n) is 1.29. The Morgan fingerprint density at radius 2 is 2.06 bits per heavy atom. The third kappa shape index (κ3) is 6.61. The SMILES string of the molecule is CC(Cl)CCNS(=O)(=O)CCc1ccncc1. The molecule has 0 radical (unpaired) electrons. The second-order valence-corrected chi connectivity index (χ2v) is 6.56. The van der Waals surface area contributed by atoms with Crippen molar-refractivity contribution in [2.45, 2.75) is 25.1 Å². The van der Waals surface area contributed by atoms with Crippen LogP contribution in [0.15, 0.2) is 24.5 Å². The molecule has 1 aromatic heterocycles. The van der Waals surface area contributed by atoms with E-state index >= 15 is 0 Å². The number of sulfonamides is 1. The summed E-state index contributed by atoms with van der Waals surface area (Å²) in [6.07, 6.45) is 4.44. The average molecular weight is 277 g/mol. The summed E-state index contributed by atoms with van der Waals surface area (Å²) in [5.41, 5.74) is 0.969. The second kappa shape index (κ2) is 6.93. The molecule has 0 aliphatic rings. The molecule has 1 rings (SSSR count). The van der Waals surface area contributed by atoms with Gasteiger partial charge in [-0.25, -0.2) is 13.1 Å². The summed E-state index contributed by atoms with van der Waals surface area (Å²) in [5.74, 6) is 0.0910. The molecule has 0 spiro atoms. The van der Waals surface area contributed by atoms with Gasteiger partial charge in [0.2, 0.25) is 10.0 Å². The maximum absolute atomic E-state index is 11.6. The van der Waals surface area contributed by atoms with Crippen molar-refractivity contribution in [2.24, 2.45) is 0 Å². The van der Waals surface area contributed by atoms with Crippen molar-refractivity contribution in [2.75, 3.05) is 12.3 Å². The van der Waals surface area contributed by atoms with E-state index in [2.05, 4.69) is 9.71 Å². The Labute approximate surface area is 107 Å². The lowest BCUT2D eigenvalue weighted by Gasteiger charge is -2.07. The predicted octanol–water partition coefficient (Wildman–Crippen LogP) is 1.56. The highest BCUT2D eigenvalue weighted by Gasteiger charge is 2.10. The molecule has 0 saturated heterocycles. The van der Waals surface area contributed by atoms with Gasteiger partial charge in [-0.2, -0.15) is 0 Å². The quantitative estimate of drug-likeness (QED) is 0.769. The zero-order valence-electron chi connectivity index (χ0n) is 9.77. The molecule has 0 aliphatic carbocycles. The highest BCUT2D eigenvalue weighted by molar-refractivity contribution is 7.89. The Kier molecular flexibility index (Phi) is 5.88. The molecule has 96 valence electrons. The molecule has 0 amide bonds. The van der Waals surface area contributed by atoms with E-state index in [0.717, 1.165) is 5.56 Å². The van der Waals surface area contributed by atoms with Crippen LogP contribution in [0.5, 0.6) is 0 Å². The summed E-state index contributed by atoms with van der Waals surface area (Å²) < 4.78 is 25.8. The maximum atomic E-state index is 11.6. The normalized spacial score (nSPS) is 13.5. The van der Waals surface area contributed by atoms with E-state index in [1.165, 1.54) is 0 Å². The zero-order chi connectivity index (χ0) is 12.7. The topological polar surface area (TPSA) is 59.1 Å². The lowest BCUT2D eigenvalue weighted by Crippen LogP contribution is -2.29. The molecule has 0 aromatic carbocycles. The number of hydrogen-bond acceptors (Lipinski definition) is 3. The molecule has 1 unspecified atom stereocenters. The van der Waals surface area contributed by atoms with Gasteiger partial charge in [0.05, 0.1) is 5.75 Å². The predicted molar refractivity (Wildman–Crippen MR) is 69.7 cm³/mol. The van der Waals surface area contributed by atoms with Crippen LogP contribution in [-0.4, -0.2) is 31.1 Å². The molecule has 4 nitrogen and oxygen atoms in total. The van der Waals surface area contributed by atoms with Crippen molar-refractivity contribution in [3.8, 4) is 0 Å². The smallest absolute Gasteiger partial charge is 0.211 e. The van der Waals surface area contributed by atoms with E-state index in [9.17, 15) is 8.42 Å². The number of nitrogens with one attached hydrogen (secondary N) is 1. The Hall–Kier alpha value is -0.650. The third-order valence-electron chi connectivity index (χ3n) is 2.27. The lowest BCUT2D eigenvalue weighted by atomic mass is 10.2. The van der Waals surface area contributed by atoms with E-state index in [0.29, 0.717) is 19.4 Å². The first-order valence-corrected chi connectivity index (χ1v) is 7.59. The number of alkyl halides is 1. The van der Waals surface area contributed by atoms with E-state index in [4.69, 9.17) is 11.6 Å². The van der Waals surface area contributed by atoms with Crippen molar-refractivity contribution in [3.05, 3.63) is 30.1 Å². The Morgan fingerprint density at radius 3 is 2.65 bits per heavy atom. The minimum Gasteiger partial charge on any atom is -0.265 e. The Balaban J connectivity index is 2.35. The fourth-order valence-corrected chi connectivity index (χ4v) is 2.47. The van der Waals surface area contributed by atoms with Gasteiger partial charge in [0, 0.05) is 24.3 Å². The number of rotatable bonds is 7. The summed E-state index contributed by atoms with van der Waals surface area (Å²) >= 11 is 5.74. The highest BCUT2D eigenvalue weighted by Crippen LogP contribution is 2.01. The van der Waals surface area contributed by atoms with E-state index in [1.807, 2.05) is 19.1 Å². The summed E-state index contributed by atoms with van der Waals surface area (Å²) in [7, 11) is -3.20. The van der Waals surface area contributed by atoms with Crippen LogP contribution in [-0.2, 0) is 16.4 Å². The lowest BCUT2D eigenvalue weighted by molar-refractivity contribution is 0.578. The largest absolute Gasteiger partial charge is 0.265 e. The van der Waals surface area contributed by atoms with Gasteiger partial charge < -0.3 is 0 Å². The number of aromatic nitrogens is 1. The second-order valence-electron chi connectivity index (χ2n) is 3.89. The van der Waals surface area contributed by atoms with E-state index in [1.54, 1.807) is 12.4 Å². The van der Waals surface area contributed by atoms with Crippen molar-refractivity contribution in [1.29, 1.82) is 0 Å². The van der Waals surface area contributed by atoms with Gasteiger partial charge in [0.1, 0.15) is 0 Å². The molecular formula is C11H17ClN2O2S. The highest BCUT2D eigenvalue weighted by atomic mass is 35.5. The molecule has 0 aliphatic heterocycles. The zero-order valence-corrected chi connectivity index (χ0v) is 11.3. The Morgan fingerprint density at radius 1 is 1.41 bits per heavy atom. The number of nitrogens with zero attached hydrogens (tertiary/aromatic N) is 1. The fraction of sp³-hybridized carbons (Fsp3) is 0.545. The van der Waals surface area contributed by atoms with E-state index < -0.39 is 10.0 Å². The van der Waals surface area contributed by atoms with Crippen molar-refractivity contribution >= 4 is 21.6 Å². The maximum Gasteiger partial charge on any atom is 0.211 e. The number of halogens is 1. The molecule has 1 heterocycles. The van der Waals surface area contributed by atoms with Crippen LogP contribution in [0.1, 0.15) is 18.9 Å². The molecule has 0 fully saturated rings. The summed E-state index contributed by atoms with van der Waals surface area (Å²) in [5, 5.41) is -0.0158. The van der Waals surface area contributed by atoms with Crippen LogP contribution >= 0.6 is 11.6 Å². The van der Waals surface area contributed by atoms with Crippen molar-refractivity contribution < 1.29 is 8.42 Å². The third-order valence-corrected chi connectivity index (χ3v) is 3.88. The van der Waals surface area contributed by atoms with Gasteiger partial charge in [-0.1, -0.05) is 0 Å². The van der Waals surface area contributed by atoms with Crippen LogP contribution in [0.2, 0.25) is 0 Å². The van der Waals surface area contributed by atoms with Crippen LogP contribution in [0.4, 0.5) is 0 Å². The van der Waals surface area contributed by atoms with Gasteiger partial charge in [-0.3, -0.25) is 4.98 Å². The summed E-state index contributed by atoms with van der Waals surface area (Å²) in [6, 6.07) is 3.63. The monoisotopic (exact) mass is 276 g/mol. The molecule has 1 N–H and O–H groups in total. The van der Waals surface area contributed by atoms with Crippen molar-refractivity contribution in [3.63, 3.8) is 0 Å². The number of aryl methyl sites for hydroxylation is 1. The van der Waals surface area contributed by atoms with Gasteiger partial charge in [0.25, 0.3) is 0 Å². The Bertz CT molecular complexity index is 420. The first-order chi connectivity index (χ1) is 7.99. The van der Waals surface area contributed by atoms with Crippen LogP contribution in [0, 0.1) is 0 Å². The van der Waals surface area contributed by atoms with Crippen LogP contribution < -0.4 is 4.72 Å². The summed E-state index contributed by atoms with van der Waals surface area (Å²) in [6.45, 7) is 2.23. The molecule has 0 saturated carbocycles. The molecular weight excluding hydrogens is 260 g/mol.